The van der Waals surface area contributed by atoms with Gasteiger partial charge in [-0.1, -0.05) is 394 Å². The van der Waals surface area contributed by atoms with Crippen molar-refractivity contribution in [2.45, 2.75) is 418 Å². The Bertz CT molecular complexity index is 1930. The molecular formula is C88H162NO8P. The highest BCUT2D eigenvalue weighted by molar-refractivity contribution is 7.45. The Hall–Kier alpha value is -2.81. The Labute approximate surface area is 609 Å². The van der Waals surface area contributed by atoms with Gasteiger partial charge in [-0.15, -0.1) is 0 Å². The number of carbonyl (C=O) groups excluding carboxylic acids is 2. The summed E-state index contributed by atoms with van der Waals surface area (Å²) in [4.78, 5) is 38.2. The van der Waals surface area contributed by atoms with Gasteiger partial charge in [0.15, 0.2) is 6.10 Å². The van der Waals surface area contributed by atoms with Crippen LogP contribution in [0, 0.1) is 0 Å². The van der Waals surface area contributed by atoms with E-state index in [1.807, 2.05) is 21.1 Å². The number of nitrogens with zero attached hydrogens (tertiary/aromatic N) is 1. The van der Waals surface area contributed by atoms with Gasteiger partial charge in [0.1, 0.15) is 19.8 Å². The summed E-state index contributed by atoms with van der Waals surface area (Å²) in [7, 11) is 1.19. The molecule has 10 heteroatoms. The minimum Gasteiger partial charge on any atom is -0.756 e. The summed E-state index contributed by atoms with van der Waals surface area (Å²) in [5.74, 6) is -0.811. The molecule has 2 atom stereocenters. The van der Waals surface area contributed by atoms with Crippen molar-refractivity contribution in [1.82, 2.24) is 0 Å². The molecule has 0 bridgehead atoms. The minimum atomic E-state index is -4.65. The van der Waals surface area contributed by atoms with Gasteiger partial charge in [-0.05, 0) is 89.9 Å². The Kier molecular flexibility index (Phi) is 76.1. The van der Waals surface area contributed by atoms with Crippen LogP contribution >= 0.6 is 7.82 Å². The molecule has 98 heavy (non-hydrogen) atoms. The molecule has 0 N–H and O–H groups in total. The Balaban J connectivity index is 3.89. The minimum absolute atomic E-state index is 0.0294. The third-order valence-electron chi connectivity index (χ3n) is 18.9. The molecule has 2 unspecified atom stereocenters. The van der Waals surface area contributed by atoms with Gasteiger partial charge in [0, 0.05) is 12.8 Å². The number of phosphoric ester groups is 1. The average molecular weight is 1390 g/mol. The maximum atomic E-state index is 12.9. The summed E-state index contributed by atoms with van der Waals surface area (Å²) in [5.41, 5.74) is 0. The topological polar surface area (TPSA) is 111 Å². The van der Waals surface area contributed by atoms with Crippen molar-refractivity contribution in [1.29, 1.82) is 0 Å². The van der Waals surface area contributed by atoms with E-state index in [-0.39, 0.29) is 32.0 Å². The first-order valence-electron chi connectivity index (χ1n) is 42.3. The van der Waals surface area contributed by atoms with Gasteiger partial charge in [-0.3, -0.25) is 14.2 Å². The van der Waals surface area contributed by atoms with E-state index < -0.39 is 26.5 Å². The number of allylic oxidation sites excluding steroid dienone is 14. The molecule has 0 spiro atoms. The zero-order valence-electron chi connectivity index (χ0n) is 65.5. The summed E-state index contributed by atoms with van der Waals surface area (Å²) >= 11 is 0. The Morgan fingerprint density at radius 1 is 0.327 bits per heavy atom. The third-order valence-corrected chi connectivity index (χ3v) is 19.9. The number of rotatable bonds is 79. The summed E-state index contributed by atoms with van der Waals surface area (Å²) in [6.07, 6.45) is 109. The maximum Gasteiger partial charge on any atom is 0.306 e. The van der Waals surface area contributed by atoms with E-state index in [1.165, 1.54) is 308 Å². The highest BCUT2D eigenvalue weighted by atomic mass is 31.2. The molecule has 0 aromatic heterocycles. The normalized spacial score (nSPS) is 13.4. The van der Waals surface area contributed by atoms with Gasteiger partial charge >= 0.3 is 11.9 Å². The number of ether oxygens (including phenoxy) is 2. The number of hydrogen-bond acceptors (Lipinski definition) is 8. The van der Waals surface area contributed by atoms with Gasteiger partial charge in [-0.25, -0.2) is 0 Å². The van der Waals surface area contributed by atoms with Crippen LogP contribution in [0.4, 0.5) is 0 Å². The number of phosphoric acid groups is 1. The smallest absolute Gasteiger partial charge is 0.306 e. The Morgan fingerprint density at radius 3 is 0.867 bits per heavy atom. The first-order valence-corrected chi connectivity index (χ1v) is 43.8. The maximum absolute atomic E-state index is 12.9. The summed E-state index contributed by atoms with van der Waals surface area (Å²) in [5, 5.41) is 0. The lowest BCUT2D eigenvalue weighted by molar-refractivity contribution is -0.870. The second-order valence-electron chi connectivity index (χ2n) is 29.8. The van der Waals surface area contributed by atoms with Crippen LogP contribution in [0.3, 0.4) is 0 Å². The number of likely N-dealkylation sites (N-methyl/N-ethyl adjacent to an activating group) is 1. The molecule has 0 aliphatic carbocycles. The largest absolute Gasteiger partial charge is 0.756 e. The fourth-order valence-electron chi connectivity index (χ4n) is 12.5. The van der Waals surface area contributed by atoms with E-state index >= 15 is 0 Å². The van der Waals surface area contributed by atoms with Crippen LogP contribution < -0.4 is 4.89 Å². The third kappa shape index (κ3) is 82.1. The monoisotopic (exact) mass is 1390 g/mol. The van der Waals surface area contributed by atoms with Crippen molar-refractivity contribution < 1.29 is 42.1 Å². The molecule has 0 saturated heterocycles. The molecule has 0 fully saturated rings. The van der Waals surface area contributed by atoms with E-state index in [0.717, 1.165) is 70.6 Å². The number of quaternary nitrogens is 1. The summed E-state index contributed by atoms with van der Waals surface area (Å²) in [6, 6.07) is 0. The molecule has 0 rings (SSSR count). The number of hydrogen-bond donors (Lipinski definition) is 0. The van der Waals surface area contributed by atoms with Crippen molar-refractivity contribution in [3.8, 4) is 0 Å². The summed E-state index contributed by atoms with van der Waals surface area (Å²) < 4.78 is 34.5. The molecule has 0 radical (unpaired) electrons. The number of carbonyl (C=O) groups is 2. The lowest BCUT2D eigenvalue weighted by atomic mass is 10.0. The number of esters is 2. The van der Waals surface area contributed by atoms with Gasteiger partial charge in [0.25, 0.3) is 7.82 Å². The number of unbranched alkanes of at least 4 members (excludes halogenated alkanes) is 51. The predicted octanol–water partition coefficient (Wildman–Crippen LogP) is 27.8. The van der Waals surface area contributed by atoms with Crippen LogP contribution in [0.25, 0.3) is 0 Å². The molecule has 0 aromatic carbocycles. The molecule has 0 heterocycles. The molecule has 0 aliphatic heterocycles. The van der Waals surface area contributed by atoms with E-state index in [0.29, 0.717) is 17.4 Å². The summed E-state index contributed by atoms with van der Waals surface area (Å²) in [6.45, 7) is 4.18. The Morgan fingerprint density at radius 2 is 0.582 bits per heavy atom. The highest BCUT2D eigenvalue weighted by Gasteiger charge is 2.22. The van der Waals surface area contributed by atoms with Crippen molar-refractivity contribution >= 4 is 19.8 Å². The van der Waals surface area contributed by atoms with Crippen LogP contribution in [0.5, 0.6) is 0 Å². The van der Waals surface area contributed by atoms with Gasteiger partial charge in [-0.2, -0.15) is 0 Å². The van der Waals surface area contributed by atoms with Crippen molar-refractivity contribution in [2.75, 3.05) is 47.5 Å². The van der Waals surface area contributed by atoms with Crippen LogP contribution in [-0.4, -0.2) is 70.0 Å². The zero-order chi connectivity index (χ0) is 71.1. The molecule has 0 aromatic rings. The highest BCUT2D eigenvalue weighted by Crippen LogP contribution is 2.38. The van der Waals surface area contributed by atoms with E-state index in [2.05, 4.69) is 98.9 Å². The fourth-order valence-corrected chi connectivity index (χ4v) is 13.2. The predicted molar refractivity (Wildman–Crippen MR) is 425 cm³/mol. The van der Waals surface area contributed by atoms with E-state index in [4.69, 9.17) is 18.5 Å². The first kappa shape index (κ1) is 95.2. The molecule has 0 amide bonds. The van der Waals surface area contributed by atoms with Crippen molar-refractivity contribution in [2.24, 2.45) is 0 Å². The van der Waals surface area contributed by atoms with Crippen LogP contribution in [0.1, 0.15) is 412 Å². The zero-order valence-corrected chi connectivity index (χ0v) is 66.4. The van der Waals surface area contributed by atoms with Crippen LogP contribution in [0.15, 0.2) is 85.1 Å². The molecular weight excluding hydrogens is 1230 g/mol. The average Bonchev–Trinajstić information content (AvgIpc) is 1.08. The molecule has 9 nitrogen and oxygen atoms in total. The van der Waals surface area contributed by atoms with Crippen LogP contribution in [-0.2, 0) is 32.7 Å². The quantitative estimate of drug-likeness (QED) is 0.0195. The standard InChI is InChI=1S/C88H162NO8P/c1-6-8-10-12-14-16-18-20-22-24-26-28-30-32-34-36-38-40-42-44-46-48-50-52-54-56-58-60-62-64-66-68-70-72-74-76-78-80-87(90)94-84-86(85-96-98(92,93)95-83-82-89(3,4)5)97-88(91)81-79-77-75-73-71-69-67-65-63-61-59-57-55-53-51-49-47-45-43-41-39-37-35-33-31-29-27-25-23-21-19-17-15-13-11-9-7-2/h9,11,15,17-18,20-21,23-24,26-27,29,33,35,86H,6-8,10,12-14,16,19,22,25,28,30-32,34,36-85H2,1-5H3/b11-9-,17-15-,20-18-,23-21-,26-24-,29-27-,35-33-. The second kappa shape index (κ2) is 78.3. The van der Waals surface area contributed by atoms with Crippen LogP contribution in [0.2, 0.25) is 0 Å². The first-order chi connectivity index (χ1) is 48.0. The fraction of sp³-hybridized carbons (Fsp3) is 0.818. The van der Waals surface area contributed by atoms with Gasteiger partial charge in [0.2, 0.25) is 0 Å². The lowest BCUT2D eigenvalue weighted by Crippen LogP contribution is -2.37. The van der Waals surface area contributed by atoms with Crippen molar-refractivity contribution in [3.05, 3.63) is 85.1 Å². The molecule has 572 valence electrons. The van der Waals surface area contributed by atoms with E-state index in [9.17, 15) is 19.0 Å². The molecule has 0 aliphatic rings. The second-order valence-corrected chi connectivity index (χ2v) is 31.2. The van der Waals surface area contributed by atoms with Gasteiger partial charge < -0.3 is 27.9 Å². The van der Waals surface area contributed by atoms with Gasteiger partial charge in [0.05, 0.1) is 27.7 Å². The van der Waals surface area contributed by atoms with E-state index in [1.54, 1.807) is 0 Å². The lowest BCUT2D eigenvalue weighted by Gasteiger charge is -2.28. The van der Waals surface area contributed by atoms with Crippen molar-refractivity contribution in [3.63, 3.8) is 0 Å². The SMILES string of the molecule is CC/C=C\C/C=C\C/C=C\C/C=C\C/C=C\CCCCCCCCCCCCCCCCCCCCCCCC(=O)OC(COC(=O)CCCCCCCCCCCCCCCCCCCCCCCCCCC/C=C\C/C=C\CCCCCCC)COP(=O)([O-])OCC[N+](C)(C)C. The molecule has 0 saturated carbocycles.